The first-order valence-electron chi connectivity index (χ1n) is 10.4. The van der Waals surface area contributed by atoms with Gasteiger partial charge >= 0.3 is 5.97 Å². The molecule has 0 radical (unpaired) electrons. The Bertz CT molecular complexity index is 879. The molecular formula is C24H31N2O4+. The van der Waals surface area contributed by atoms with E-state index in [1.54, 1.807) is 19.1 Å². The predicted molar refractivity (Wildman–Crippen MR) is 116 cm³/mol. The van der Waals surface area contributed by atoms with Crippen molar-refractivity contribution >= 4 is 17.6 Å². The molecule has 3 rings (SSSR count). The summed E-state index contributed by atoms with van der Waals surface area (Å²) in [7, 11) is 0. The van der Waals surface area contributed by atoms with Gasteiger partial charge in [0, 0.05) is 11.3 Å². The van der Waals surface area contributed by atoms with E-state index in [-0.39, 0.29) is 5.91 Å². The second kappa shape index (κ2) is 9.87. The highest BCUT2D eigenvalue weighted by Gasteiger charge is 2.21. The number of carbonyl (C=O) groups is 2. The Labute approximate surface area is 178 Å². The van der Waals surface area contributed by atoms with Crippen molar-refractivity contribution in [2.45, 2.75) is 40.3 Å². The van der Waals surface area contributed by atoms with Crippen LogP contribution in [0, 0.1) is 20.8 Å². The first-order valence-corrected chi connectivity index (χ1v) is 10.4. The van der Waals surface area contributed by atoms with Crippen LogP contribution >= 0.6 is 0 Å². The Morgan fingerprint density at radius 3 is 2.27 bits per heavy atom. The summed E-state index contributed by atoms with van der Waals surface area (Å²) in [5.74, 6) is -0.841. The first kappa shape index (κ1) is 22.0. The lowest BCUT2D eigenvalue weighted by atomic mass is 10.0. The van der Waals surface area contributed by atoms with Crippen LogP contribution in [0.2, 0.25) is 0 Å². The summed E-state index contributed by atoms with van der Waals surface area (Å²) in [6.07, 6.45) is -0.893. The maximum Gasteiger partial charge on any atom is 0.338 e. The molecule has 2 aromatic rings. The maximum absolute atomic E-state index is 12.5. The Morgan fingerprint density at radius 2 is 1.67 bits per heavy atom. The Hall–Kier alpha value is -2.70. The molecule has 0 aromatic heterocycles. The molecule has 2 aromatic carbocycles. The van der Waals surface area contributed by atoms with Gasteiger partial charge in [-0.2, -0.15) is 0 Å². The van der Waals surface area contributed by atoms with Crippen LogP contribution in [0.4, 0.5) is 5.69 Å². The molecule has 0 spiro atoms. The third-order valence-corrected chi connectivity index (χ3v) is 5.42. The van der Waals surface area contributed by atoms with Crippen molar-refractivity contribution in [2.75, 3.05) is 31.6 Å². The number of aryl methyl sites for hydroxylation is 3. The predicted octanol–water partition coefficient (Wildman–Crippen LogP) is 2.21. The minimum absolute atomic E-state index is 0.342. The number of ether oxygens (including phenoxy) is 2. The van der Waals surface area contributed by atoms with Gasteiger partial charge in [0.15, 0.2) is 6.10 Å². The zero-order valence-electron chi connectivity index (χ0n) is 18.2. The Morgan fingerprint density at radius 1 is 1.07 bits per heavy atom. The molecule has 1 amide bonds. The number of hydrogen-bond donors (Lipinski definition) is 2. The molecule has 1 heterocycles. The number of carbonyl (C=O) groups excluding carboxylic acids is 2. The van der Waals surface area contributed by atoms with E-state index in [0.717, 1.165) is 55.2 Å². The van der Waals surface area contributed by atoms with Crippen LogP contribution in [0.15, 0.2) is 36.4 Å². The summed E-state index contributed by atoms with van der Waals surface area (Å²) < 4.78 is 10.8. The minimum atomic E-state index is -0.893. The monoisotopic (exact) mass is 411 g/mol. The zero-order chi connectivity index (χ0) is 21.7. The molecule has 160 valence electrons. The number of morpholine rings is 1. The minimum Gasteiger partial charge on any atom is -0.449 e. The van der Waals surface area contributed by atoms with E-state index in [0.29, 0.717) is 5.56 Å². The molecule has 2 N–H and O–H groups in total. The number of rotatable bonds is 6. The summed E-state index contributed by atoms with van der Waals surface area (Å²) in [5.41, 5.74) is 5.48. The molecule has 1 atom stereocenters. The van der Waals surface area contributed by atoms with Gasteiger partial charge in [0.1, 0.15) is 19.6 Å². The van der Waals surface area contributed by atoms with Crippen molar-refractivity contribution in [1.29, 1.82) is 0 Å². The third-order valence-electron chi connectivity index (χ3n) is 5.42. The molecule has 6 nitrogen and oxygen atoms in total. The fourth-order valence-electron chi connectivity index (χ4n) is 3.77. The number of benzene rings is 2. The number of nitrogens with one attached hydrogen (secondary N) is 2. The van der Waals surface area contributed by atoms with Gasteiger partial charge in [0.2, 0.25) is 0 Å². The normalized spacial score (nSPS) is 15.5. The van der Waals surface area contributed by atoms with E-state index in [2.05, 4.69) is 5.32 Å². The number of amides is 1. The summed E-state index contributed by atoms with van der Waals surface area (Å²) in [6, 6.07) is 11.4. The highest BCUT2D eigenvalue weighted by molar-refractivity contribution is 5.98. The lowest BCUT2D eigenvalue weighted by Crippen LogP contribution is -3.12. The van der Waals surface area contributed by atoms with Gasteiger partial charge < -0.3 is 19.7 Å². The van der Waals surface area contributed by atoms with Crippen LogP contribution in [-0.4, -0.2) is 44.3 Å². The fraction of sp³-hybridized carbons (Fsp3) is 0.417. The van der Waals surface area contributed by atoms with Crippen LogP contribution in [-0.2, 0) is 20.8 Å². The summed E-state index contributed by atoms with van der Waals surface area (Å²) in [5, 5.41) is 2.89. The molecule has 0 unspecified atom stereocenters. The fourth-order valence-corrected chi connectivity index (χ4v) is 3.77. The van der Waals surface area contributed by atoms with E-state index in [9.17, 15) is 9.59 Å². The summed E-state index contributed by atoms with van der Waals surface area (Å²) in [6.45, 7) is 12.0. The van der Waals surface area contributed by atoms with Crippen molar-refractivity contribution in [3.05, 3.63) is 64.2 Å². The molecule has 1 aliphatic rings. The van der Waals surface area contributed by atoms with Crippen molar-refractivity contribution in [1.82, 2.24) is 0 Å². The second-order valence-corrected chi connectivity index (χ2v) is 8.05. The molecular weight excluding hydrogens is 380 g/mol. The molecule has 0 saturated carbocycles. The van der Waals surface area contributed by atoms with E-state index in [1.807, 2.05) is 45.0 Å². The standard InChI is InChI=1S/C24H30N2O4/c1-16-13-17(2)22(18(3)14-16)25-23(27)19(4)30-24(28)21-7-5-20(6-8-21)15-26-9-11-29-12-10-26/h5-8,13-14,19H,9-12,15H2,1-4H3,(H,25,27)/p+1/t19-/m0/s1. The topological polar surface area (TPSA) is 69.1 Å². The van der Waals surface area contributed by atoms with Gasteiger partial charge in [-0.3, -0.25) is 4.79 Å². The zero-order valence-corrected chi connectivity index (χ0v) is 18.2. The van der Waals surface area contributed by atoms with Crippen LogP contribution < -0.4 is 10.2 Å². The number of anilines is 1. The summed E-state index contributed by atoms with van der Waals surface area (Å²) in [4.78, 5) is 26.5. The SMILES string of the molecule is Cc1cc(C)c(NC(=O)[C@H](C)OC(=O)c2ccc(C[NH+]3CCOCC3)cc2)c(C)c1. The number of esters is 1. The molecule has 1 aliphatic heterocycles. The van der Waals surface area contributed by atoms with Gasteiger partial charge in [0.05, 0.1) is 18.8 Å². The van der Waals surface area contributed by atoms with Crippen LogP contribution in [0.1, 0.15) is 39.5 Å². The van der Waals surface area contributed by atoms with Crippen LogP contribution in [0.5, 0.6) is 0 Å². The smallest absolute Gasteiger partial charge is 0.338 e. The highest BCUT2D eigenvalue weighted by atomic mass is 16.5. The number of quaternary nitrogens is 1. The first-order chi connectivity index (χ1) is 14.3. The molecule has 1 saturated heterocycles. The van der Waals surface area contributed by atoms with E-state index in [4.69, 9.17) is 9.47 Å². The third kappa shape index (κ3) is 5.68. The maximum atomic E-state index is 12.5. The van der Waals surface area contributed by atoms with Crippen LogP contribution in [0.25, 0.3) is 0 Å². The van der Waals surface area contributed by atoms with E-state index < -0.39 is 12.1 Å². The molecule has 6 heteroatoms. The Balaban J connectivity index is 1.56. The van der Waals surface area contributed by atoms with Gasteiger partial charge in [-0.1, -0.05) is 29.8 Å². The Kier molecular flexibility index (Phi) is 7.24. The van der Waals surface area contributed by atoms with Gasteiger partial charge in [0.25, 0.3) is 5.91 Å². The quantitative estimate of drug-likeness (QED) is 0.715. The molecule has 1 fully saturated rings. The van der Waals surface area contributed by atoms with Gasteiger partial charge in [-0.15, -0.1) is 0 Å². The molecule has 0 bridgehead atoms. The number of hydrogen-bond acceptors (Lipinski definition) is 4. The lowest BCUT2D eigenvalue weighted by molar-refractivity contribution is -0.921. The van der Waals surface area contributed by atoms with Crippen molar-refractivity contribution in [2.24, 2.45) is 0 Å². The highest BCUT2D eigenvalue weighted by Crippen LogP contribution is 2.22. The van der Waals surface area contributed by atoms with Crippen LogP contribution in [0.3, 0.4) is 0 Å². The largest absolute Gasteiger partial charge is 0.449 e. The molecule has 0 aliphatic carbocycles. The summed E-state index contributed by atoms with van der Waals surface area (Å²) >= 11 is 0. The van der Waals surface area contributed by atoms with E-state index in [1.165, 1.54) is 10.5 Å². The van der Waals surface area contributed by atoms with Gasteiger partial charge in [-0.25, -0.2) is 4.79 Å². The lowest BCUT2D eigenvalue weighted by Gasteiger charge is -2.23. The van der Waals surface area contributed by atoms with Crippen molar-refractivity contribution in [3.8, 4) is 0 Å². The van der Waals surface area contributed by atoms with E-state index >= 15 is 0 Å². The van der Waals surface area contributed by atoms with Crippen molar-refractivity contribution < 1.29 is 24.0 Å². The van der Waals surface area contributed by atoms with Gasteiger partial charge in [-0.05, 0) is 51.0 Å². The second-order valence-electron chi connectivity index (χ2n) is 8.05. The molecule has 30 heavy (non-hydrogen) atoms. The van der Waals surface area contributed by atoms with Crippen molar-refractivity contribution in [3.63, 3.8) is 0 Å². The average molecular weight is 412 g/mol. The average Bonchev–Trinajstić information content (AvgIpc) is 2.71.